The van der Waals surface area contributed by atoms with E-state index in [9.17, 15) is 9.90 Å². The van der Waals surface area contributed by atoms with Crippen LogP contribution in [0.15, 0.2) is 18.2 Å². The molecule has 1 aromatic carbocycles. The normalized spacial score (nSPS) is 17.0. The van der Waals surface area contributed by atoms with E-state index in [0.29, 0.717) is 5.02 Å². The Labute approximate surface area is 110 Å². The van der Waals surface area contributed by atoms with E-state index in [1.54, 1.807) is 0 Å². The molecule has 2 N–H and O–H groups in total. The summed E-state index contributed by atoms with van der Waals surface area (Å²) in [6.07, 6.45) is 2.00. The van der Waals surface area contributed by atoms with Gasteiger partial charge in [0.1, 0.15) is 0 Å². The molecular weight excluding hydrogens is 250 g/mol. The Morgan fingerprint density at radius 2 is 2.22 bits per heavy atom. The van der Waals surface area contributed by atoms with Gasteiger partial charge < -0.3 is 10.1 Å². The molecule has 0 saturated heterocycles. The van der Waals surface area contributed by atoms with E-state index in [-0.39, 0.29) is 5.92 Å². The number of carbonyl (C=O) groups is 1. The zero-order valence-electron chi connectivity index (χ0n) is 10.0. The van der Waals surface area contributed by atoms with E-state index in [1.807, 2.05) is 25.1 Å². The van der Waals surface area contributed by atoms with Crippen molar-refractivity contribution in [1.29, 1.82) is 0 Å². The van der Waals surface area contributed by atoms with Crippen LogP contribution in [0.3, 0.4) is 0 Å². The first-order chi connectivity index (χ1) is 8.59. The number of para-hydroxylation sites is 1. The van der Waals surface area contributed by atoms with Gasteiger partial charge in [0.2, 0.25) is 0 Å². The van der Waals surface area contributed by atoms with Crippen molar-refractivity contribution in [2.24, 2.45) is 5.92 Å². The lowest BCUT2D eigenvalue weighted by Crippen LogP contribution is -2.15. The zero-order valence-corrected chi connectivity index (χ0v) is 10.8. The Balaban J connectivity index is 2.19. The lowest BCUT2D eigenvalue weighted by Gasteiger charge is -2.10. The number of hydrogen-bond acceptors (Lipinski definition) is 1. The summed E-state index contributed by atoms with van der Waals surface area (Å²) in [5, 5.41) is 11.1. The second-order valence-corrected chi connectivity index (χ2v) is 5.39. The van der Waals surface area contributed by atoms with Crippen molar-refractivity contribution in [1.82, 2.24) is 4.98 Å². The quantitative estimate of drug-likeness (QED) is 0.887. The molecule has 1 saturated carbocycles. The van der Waals surface area contributed by atoms with Gasteiger partial charge in [-0.05, 0) is 37.3 Å². The van der Waals surface area contributed by atoms with E-state index in [0.717, 1.165) is 35.0 Å². The Hall–Kier alpha value is -1.48. The highest BCUT2D eigenvalue weighted by Gasteiger charge is 2.39. The summed E-state index contributed by atoms with van der Waals surface area (Å²) in [6.45, 7) is 1.96. The van der Waals surface area contributed by atoms with E-state index >= 15 is 0 Å². The smallest absolute Gasteiger partial charge is 0.312 e. The van der Waals surface area contributed by atoms with Crippen LogP contribution in [0.4, 0.5) is 0 Å². The summed E-state index contributed by atoms with van der Waals surface area (Å²) in [4.78, 5) is 14.7. The van der Waals surface area contributed by atoms with E-state index < -0.39 is 11.9 Å². The van der Waals surface area contributed by atoms with Gasteiger partial charge >= 0.3 is 5.97 Å². The summed E-state index contributed by atoms with van der Waals surface area (Å²) in [7, 11) is 0. The monoisotopic (exact) mass is 263 g/mol. The number of carboxylic acids is 1. The molecule has 1 atom stereocenters. The number of hydrogen-bond donors (Lipinski definition) is 2. The van der Waals surface area contributed by atoms with Gasteiger partial charge in [-0.2, -0.15) is 0 Å². The third-order valence-corrected chi connectivity index (χ3v) is 4.07. The van der Waals surface area contributed by atoms with Gasteiger partial charge in [0.25, 0.3) is 0 Å². The van der Waals surface area contributed by atoms with Crippen molar-refractivity contribution in [3.63, 3.8) is 0 Å². The average molecular weight is 264 g/mol. The Kier molecular flexibility index (Phi) is 2.59. The average Bonchev–Trinajstić information content (AvgIpc) is 3.08. The van der Waals surface area contributed by atoms with Crippen LogP contribution in [0.5, 0.6) is 0 Å². The molecule has 1 unspecified atom stereocenters. The summed E-state index contributed by atoms with van der Waals surface area (Å²) < 4.78 is 0. The molecule has 1 aromatic heterocycles. The molecule has 0 aliphatic heterocycles. The Morgan fingerprint density at radius 3 is 2.78 bits per heavy atom. The minimum atomic E-state index is -0.747. The van der Waals surface area contributed by atoms with Gasteiger partial charge in [0.05, 0.1) is 16.5 Å². The number of fused-ring (bicyclic) bond motifs is 1. The fraction of sp³-hybridized carbons (Fsp3) is 0.357. The predicted molar refractivity (Wildman–Crippen MR) is 71.1 cm³/mol. The third-order valence-electron chi connectivity index (χ3n) is 3.75. The topological polar surface area (TPSA) is 53.1 Å². The maximum absolute atomic E-state index is 11.4. The second kappa shape index (κ2) is 4.02. The number of aromatic nitrogens is 1. The van der Waals surface area contributed by atoms with Gasteiger partial charge in [-0.15, -0.1) is 0 Å². The summed E-state index contributed by atoms with van der Waals surface area (Å²) >= 11 is 6.14. The number of nitrogens with one attached hydrogen (secondary N) is 1. The van der Waals surface area contributed by atoms with Crippen molar-refractivity contribution >= 4 is 28.5 Å². The Bertz CT molecular complexity index is 628. The number of aliphatic carboxylic acids is 1. The van der Waals surface area contributed by atoms with Crippen LogP contribution in [0.25, 0.3) is 10.9 Å². The van der Waals surface area contributed by atoms with E-state index in [4.69, 9.17) is 11.6 Å². The number of aromatic amines is 1. The molecule has 2 aromatic rings. The molecule has 3 rings (SSSR count). The molecule has 1 heterocycles. The van der Waals surface area contributed by atoms with Crippen LogP contribution >= 0.6 is 11.6 Å². The Morgan fingerprint density at radius 1 is 1.50 bits per heavy atom. The van der Waals surface area contributed by atoms with Crippen LogP contribution in [-0.2, 0) is 4.79 Å². The second-order valence-electron chi connectivity index (χ2n) is 4.98. The molecular formula is C14H14ClNO2. The fourth-order valence-electron chi connectivity index (χ4n) is 2.64. The first-order valence-corrected chi connectivity index (χ1v) is 6.47. The first kappa shape index (κ1) is 11.6. The molecule has 18 heavy (non-hydrogen) atoms. The summed E-state index contributed by atoms with van der Waals surface area (Å²) in [5.41, 5.74) is 2.67. The standard InChI is InChI=1S/C14H14ClNO2/c1-7-9-3-2-4-10(15)13(9)16-12(7)11(14(17)18)8-5-6-8/h2-4,8,11,16H,5-6H2,1H3,(H,17,18). The van der Waals surface area contributed by atoms with Gasteiger partial charge in [-0.1, -0.05) is 23.7 Å². The van der Waals surface area contributed by atoms with E-state index in [1.165, 1.54) is 0 Å². The lowest BCUT2D eigenvalue weighted by molar-refractivity contribution is -0.139. The molecule has 1 aliphatic carbocycles. The van der Waals surface area contributed by atoms with Crippen molar-refractivity contribution in [3.05, 3.63) is 34.5 Å². The highest BCUT2D eigenvalue weighted by atomic mass is 35.5. The fourth-order valence-corrected chi connectivity index (χ4v) is 2.86. The SMILES string of the molecule is Cc1c(C(C(=O)O)C2CC2)[nH]c2c(Cl)cccc12. The first-order valence-electron chi connectivity index (χ1n) is 6.09. The number of halogens is 1. The van der Waals surface area contributed by atoms with Crippen LogP contribution < -0.4 is 0 Å². The third kappa shape index (κ3) is 1.70. The lowest BCUT2D eigenvalue weighted by atomic mass is 9.96. The highest BCUT2D eigenvalue weighted by molar-refractivity contribution is 6.35. The molecule has 0 spiro atoms. The van der Waals surface area contributed by atoms with E-state index in [2.05, 4.69) is 4.98 Å². The molecule has 1 aliphatic rings. The molecule has 0 radical (unpaired) electrons. The number of benzene rings is 1. The number of aryl methyl sites for hydroxylation is 1. The van der Waals surface area contributed by atoms with Gasteiger partial charge in [0.15, 0.2) is 0 Å². The number of rotatable bonds is 3. The largest absolute Gasteiger partial charge is 0.481 e. The molecule has 0 amide bonds. The van der Waals surface area contributed by atoms with Crippen LogP contribution in [0.2, 0.25) is 5.02 Å². The molecule has 94 valence electrons. The molecule has 3 nitrogen and oxygen atoms in total. The molecule has 0 bridgehead atoms. The maximum atomic E-state index is 11.4. The van der Waals surface area contributed by atoms with Gasteiger partial charge in [-0.3, -0.25) is 4.79 Å². The van der Waals surface area contributed by atoms with Crippen molar-refractivity contribution in [2.75, 3.05) is 0 Å². The maximum Gasteiger partial charge on any atom is 0.312 e. The van der Waals surface area contributed by atoms with Gasteiger partial charge in [-0.25, -0.2) is 0 Å². The van der Waals surface area contributed by atoms with Crippen molar-refractivity contribution < 1.29 is 9.90 Å². The zero-order chi connectivity index (χ0) is 12.9. The minimum absolute atomic E-state index is 0.271. The van der Waals surface area contributed by atoms with Crippen LogP contribution in [0, 0.1) is 12.8 Å². The van der Waals surface area contributed by atoms with Crippen molar-refractivity contribution in [3.8, 4) is 0 Å². The van der Waals surface area contributed by atoms with Crippen LogP contribution in [-0.4, -0.2) is 16.1 Å². The summed E-state index contributed by atoms with van der Waals surface area (Å²) in [6, 6.07) is 5.68. The minimum Gasteiger partial charge on any atom is -0.481 e. The number of H-pyrrole nitrogens is 1. The predicted octanol–water partition coefficient (Wildman–Crippen LogP) is 3.71. The number of carboxylic acid groups (broad SMARTS) is 1. The van der Waals surface area contributed by atoms with Gasteiger partial charge in [0, 0.05) is 11.1 Å². The van der Waals surface area contributed by atoms with Crippen molar-refractivity contribution in [2.45, 2.75) is 25.7 Å². The summed E-state index contributed by atoms with van der Waals surface area (Å²) in [5.74, 6) is -0.898. The van der Waals surface area contributed by atoms with Crippen LogP contribution in [0.1, 0.15) is 30.0 Å². The molecule has 4 heteroatoms. The highest BCUT2D eigenvalue weighted by Crippen LogP contribution is 2.44. The molecule has 1 fully saturated rings.